The molecule has 2 aromatic carbocycles. The van der Waals surface area contributed by atoms with E-state index in [-0.39, 0.29) is 0 Å². The predicted octanol–water partition coefficient (Wildman–Crippen LogP) is 3.91. The van der Waals surface area contributed by atoms with E-state index in [2.05, 4.69) is 38.9 Å². The van der Waals surface area contributed by atoms with Gasteiger partial charge in [-0.25, -0.2) is 4.68 Å². The van der Waals surface area contributed by atoms with E-state index < -0.39 is 0 Å². The lowest BCUT2D eigenvalue weighted by atomic mass is 10.1. The van der Waals surface area contributed by atoms with Crippen LogP contribution in [0.1, 0.15) is 16.8 Å². The van der Waals surface area contributed by atoms with E-state index in [1.165, 1.54) is 0 Å². The third-order valence-corrected chi connectivity index (χ3v) is 3.73. The molecule has 3 aromatic rings. The first-order chi connectivity index (χ1) is 11.7. The molecule has 0 unspecified atom stereocenters. The normalized spacial score (nSPS) is 9.71. The molecule has 0 N–H and O–H groups in total. The van der Waals surface area contributed by atoms with E-state index in [0.29, 0.717) is 10.2 Å². The van der Waals surface area contributed by atoms with E-state index in [1.807, 2.05) is 42.5 Å². The summed E-state index contributed by atoms with van der Waals surface area (Å²) in [6.07, 6.45) is 0. The predicted molar refractivity (Wildman–Crippen MR) is 95.0 cm³/mol. The number of ether oxygens (including phenoxy) is 1. The summed E-state index contributed by atoms with van der Waals surface area (Å²) in [6, 6.07) is 18.7. The fourth-order valence-corrected chi connectivity index (χ4v) is 2.50. The van der Waals surface area contributed by atoms with Gasteiger partial charge in [0.2, 0.25) is 0 Å². The minimum Gasteiger partial charge on any atom is -0.497 e. The zero-order valence-electron chi connectivity index (χ0n) is 12.8. The monoisotopic (exact) mass is 377 g/mol. The third-order valence-electron chi connectivity index (χ3n) is 3.35. The number of benzene rings is 2. The lowest BCUT2D eigenvalue weighted by molar-refractivity contribution is 0.414. The topological polar surface area (TPSA) is 50.8 Å². The molecular weight excluding hydrogens is 366 g/mol. The first-order valence-electron chi connectivity index (χ1n) is 7.12. The Kier molecular flexibility index (Phi) is 4.65. The highest BCUT2D eigenvalue weighted by atomic mass is 79.9. The summed E-state index contributed by atoms with van der Waals surface area (Å²) in [5, 5.41) is 13.3. The molecule has 0 aliphatic carbocycles. The minimum absolute atomic E-state index is 0.617. The van der Waals surface area contributed by atoms with Crippen LogP contribution in [0.15, 0.2) is 59.2 Å². The molecule has 0 aliphatic rings. The largest absolute Gasteiger partial charge is 0.497 e. The van der Waals surface area contributed by atoms with E-state index >= 15 is 0 Å². The second kappa shape index (κ2) is 7.04. The molecule has 3 rings (SSSR count). The Balaban J connectivity index is 1.94. The van der Waals surface area contributed by atoms with Crippen LogP contribution in [0.3, 0.4) is 0 Å². The molecule has 116 valence electrons. The van der Waals surface area contributed by atoms with Crippen molar-refractivity contribution in [3.8, 4) is 29.3 Å². The van der Waals surface area contributed by atoms with Gasteiger partial charge in [0, 0.05) is 11.6 Å². The molecule has 0 radical (unpaired) electrons. The van der Waals surface area contributed by atoms with Gasteiger partial charge in [0.25, 0.3) is 0 Å². The quantitative estimate of drug-likeness (QED) is 0.636. The molecule has 0 bridgehead atoms. The lowest BCUT2D eigenvalue weighted by Crippen LogP contribution is -1.99. The molecule has 1 aromatic heterocycles. The molecule has 0 fully saturated rings. The molecule has 0 amide bonds. The fourth-order valence-electron chi connectivity index (χ4n) is 2.13. The zero-order valence-corrected chi connectivity index (χ0v) is 14.4. The Morgan fingerprint density at radius 1 is 1.00 bits per heavy atom. The van der Waals surface area contributed by atoms with Gasteiger partial charge in [0.05, 0.1) is 24.4 Å². The van der Waals surface area contributed by atoms with Crippen molar-refractivity contribution in [3.05, 3.63) is 76.0 Å². The second-order valence-corrected chi connectivity index (χ2v) is 5.71. The summed E-state index contributed by atoms with van der Waals surface area (Å²) >= 11 is 3.39. The number of halogens is 1. The summed E-state index contributed by atoms with van der Waals surface area (Å²) < 4.78 is 7.65. The maximum Gasteiger partial charge on any atom is 0.129 e. The smallest absolute Gasteiger partial charge is 0.129 e. The summed E-state index contributed by atoms with van der Waals surface area (Å²) in [4.78, 5) is 0. The number of hydrogen-bond acceptors (Lipinski definition) is 3. The third kappa shape index (κ3) is 3.48. The number of rotatable bonds is 2. The van der Waals surface area contributed by atoms with E-state index in [9.17, 15) is 0 Å². The number of nitrogens with zero attached hydrogens (tertiary/aromatic N) is 3. The summed E-state index contributed by atoms with van der Waals surface area (Å²) in [5.41, 5.74) is 3.11. The maximum absolute atomic E-state index is 8.83. The van der Waals surface area contributed by atoms with Crippen molar-refractivity contribution < 1.29 is 4.74 Å². The van der Waals surface area contributed by atoms with Crippen LogP contribution in [0, 0.1) is 23.2 Å². The second-order valence-electron chi connectivity index (χ2n) is 4.90. The molecule has 0 saturated heterocycles. The Labute approximate surface area is 148 Å². The SMILES string of the molecule is COc1ccc(-n2nc(Br)cc2C#Cc2ccc(C#N)cc2)cc1. The van der Waals surface area contributed by atoms with Gasteiger partial charge in [0.1, 0.15) is 16.0 Å². The van der Waals surface area contributed by atoms with Crippen molar-refractivity contribution in [1.29, 1.82) is 5.26 Å². The molecule has 1 heterocycles. The van der Waals surface area contributed by atoms with Crippen LogP contribution in [0.2, 0.25) is 0 Å². The Bertz CT molecular complexity index is 955. The van der Waals surface area contributed by atoms with Crippen molar-refractivity contribution in [3.63, 3.8) is 0 Å². The van der Waals surface area contributed by atoms with Gasteiger partial charge in [-0.3, -0.25) is 0 Å². The first-order valence-corrected chi connectivity index (χ1v) is 7.91. The van der Waals surface area contributed by atoms with Gasteiger partial charge in [0.15, 0.2) is 0 Å². The van der Waals surface area contributed by atoms with Crippen LogP contribution in [0.4, 0.5) is 0 Å². The molecule has 0 spiro atoms. The van der Waals surface area contributed by atoms with Crippen LogP contribution in [-0.4, -0.2) is 16.9 Å². The van der Waals surface area contributed by atoms with Crippen molar-refractivity contribution in [2.24, 2.45) is 0 Å². The van der Waals surface area contributed by atoms with E-state index in [4.69, 9.17) is 10.00 Å². The van der Waals surface area contributed by atoms with Gasteiger partial charge >= 0.3 is 0 Å². The Morgan fingerprint density at radius 3 is 2.29 bits per heavy atom. The Hall–Kier alpha value is -3.02. The first kappa shape index (κ1) is 15.9. The highest BCUT2D eigenvalue weighted by Gasteiger charge is 2.06. The Morgan fingerprint density at radius 2 is 1.67 bits per heavy atom. The standard InChI is InChI=1S/C19H12BrN3O/c1-24-18-10-8-16(9-11-18)23-17(12-19(20)22-23)7-6-14-2-4-15(13-21)5-3-14/h2-5,8-12H,1H3. The zero-order chi connectivity index (χ0) is 16.9. The fraction of sp³-hybridized carbons (Fsp3) is 0.0526. The van der Waals surface area contributed by atoms with Crippen LogP contribution < -0.4 is 4.74 Å². The molecule has 5 heteroatoms. The van der Waals surface area contributed by atoms with Gasteiger partial charge in [-0.2, -0.15) is 10.4 Å². The average Bonchev–Trinajstić information content (AvgIpc) is 3.01. The molecule has 0 saturated carbocycles. The number of hydrogen-bond donors (Lipinski definition) is 0. The van der Waals surface area contributed by atoms with Crippen LogP contribution in [0.5, 0.6) is 5.75 Å². The molecule has 0 atom stereocenters. The summed E-state index contributed by atoms with van der Waals surface area (Å²) in [6.45, 7) is 0. The molecule has 4 nitrogen and oxygen atoms in total. The van der Waals surface area contributed by atoms with Crippen molar-refractivity contribution in [2.45, 2.75) is 0 Å². The van der Waals surface area contributed by atoms with Gasteiger partial charge in [-0.1, -0.05) is 5.92 Å². The summed E-state index contributed by atoms with van der Waals surface area (Å²) in [7, 11) is 1.63. The van der Waals surface area contributed by atoms with E-state index in [0.717, 1.165) is 22.7 Å². The van der Waals surface area contributed by atoms with Crippen LogP contribution >= 0.6 is 15.9 Å². The number of methoxy groups -OCH3 is 1. The number of aromatic nitrogens is 2. The molecule has 24 heavy (non-hydrogen) atoms. The lowest BCUT2D eigenvalue weighted by Gasteiger charge is -2.04. The van der Waals surface area contributed by atoms with Crippen LogP contribution in [0.25, 0.3) is 5.69 Å². The van der Waals surface area contributed by atoms with E-state index in [1.54, 1.807) is 23.9 Å². The average molecular weight is 378 g/mol. The van der Waals surface area contributed by atoms with Gasteiger partial charge < -0.3 is 4.74 Å². The van der Waals surface area contributed by atoms with Gasteiger partial charge in [-0.05, 0) is 70.4 Å². The van der Waals surface area contributed by atoms with Gasteiger partial charge in [-0.15, -0.1) is 0 Å². The van der Waals surface area contributed by atoms with Crippen molar-refractivity contribution >= 4 is 15.9 Å². The highest BCUT2D eigenvalue weighted by molar-refractivity contribution is 9.10. The van der Waals surface area contributed by atoms with Crippen molar-refractivity contribution in [2.75, 3.05) is 7.11 Å². The van der Waals surface area contributed by atoms with Crippen molar-refractivity contribution in [1.82, 2.24) is 9.78 Å². The molecular formula is C19H12BrN3O. The highest BCUT2D eigenvalue weighted by Crippen LogP contribution is 2.19. The summed E-state index contributed by atoms with van der Waals surface area (Å²) in [5.74, 6) is 7.00. The maximum atomic E-state index is 8.83. The van der Waals surface area contributed by atoms with Crippen LogP contribution in [-0.2, 0) is 0 Å². The molecule has 0 aliphatic heterocycles. The number of nitriles is 1. The minimum atomic E-state index is 0.617.